The third-order valence-electron chi connectivity index (χ3n) is 5.10. The lowest BCUT2D eigenvalue weighted by Crippen LogP contribution is -2.51. The first-order valence-electron chi connectivity index (χ1n) is 9.68. The number of benzene rings is 1. The van der Waals surface area contributed by atoms with E-state index >= 15 is 0 Å². The summed E-state index contributed by atoms with van der Waals surface area (Å²) in [6.07, 6.45) is 1.66. The molecule has 2 aliphatic heterocycles. The molecule has 9 nitrogen and oxygen atoms in total. The molecule has 0 unspecified atom stereocenters. The molecule has 1 aromatic rings. The third-order valence-corrected chi connectivity index (χ3v) is 6.52. The number of ether oxygens (including phenoxy) is 2. The number of nitrogens with zero attached hydrogens (tertiary/aromatic N) is 2. The Balaban J connectivity index is 1.61. The fourth-order valence-electron chi connectivity index (χ4n) is 3.44. The number of amides is 2. The highest BCUT2D eigenvalue weighted by Gasteiger charge is 2.26. The zero-order chi connectivity index (χ0) is 20.9. The van der Waals surface area contributed by atoms with Gasteiger partial charge in [-0.1, -0.05) is 6.07 Å². The number of carbonyl (C=O) groups excluding carboxylic acids is 2. The molecule has 2 aliphatic rings. The minimum atomic E-state index is -3.73. The summed E-state index contributed by atoms with van der Waals surface area (Å²) in [6.45, 7) is 2.53. The van der Waals surface area contributed by atoms with Crippen molar-refractivity contribution in [2.75, 3.05) is 53.0 Å². The van der Waals surface area contributed by atoms with Crippen molar-refractivity contribution in [2.24, 2.45) is 0 Å². The Bertz CT molecular complexity index is 830. The van der Waals surface area contributed by atoms with E-state index in [-0.39, 0.29) is 36.0 Å². The zero-order valence-corrected chi connectivity index (χ0v) is 17.3. The van der Waals surface area contributed by atoms with E-state index in [4.69, 9.17) is 9.47 Å². The maximum absolute atomic E-state index is 12.8. The van der Waals surface area contributed by atoms with Crippen LogP contribution in [0.15, 0.2) is 29.2 Å². The van der Waals surface area contributed by atoms with Gasteiger partial charge < -0.3 is 19.3 Å². The maximum atomic E-state index is 12.8. The van der Waals surface area contributed by atoms with Crippen LogP contribution >= 0.6 is 0 Å². The van der Waals surface area contributed by atoms with Crippen molar-refractivity contribution in [1.82, 2.24) is 14.5 Å². The number of hydrogen-bond acceptors (Lipinski definition) is 6. The summed E-state index contributed by atoms with van der Waals surface area (Å²) in [5.41, 5.74) is 0.307. The van der Waals surface area contributed by atoms with Gasteiger partial charge in [0.1, 0.15) is 6.61 Å². The van der Waals surface area contributed by atoms with E-state index < -0.39 is 10.0 Å². The van der Waals surface area contributed by atoms with Crippen molar-refractivity contribution in [3.63, 3.8) is 0 Å². The first-order chi connectivity index (χ1) is 13.9. The highest BCUT2D eigenvalue weighted by molar-refractivity contribution is 7.89. The largest absolute Gasteiger partial charge is 0.377 e. The zero-order valence-electron chi connectivity index (χ0n) is 16.5. The molecule has 2 fully saturated rings. The quantitative estimate of drug-likeness (QED) is 0.663. The molecular formula is C19H27N3O6S. The average Bonchev–Trinajstić information content (AvgIpc) is 3.26. The van der Waals surface area contributed by atoms with Gasteiger partial charge in [0.05, 0.1) is 11.0 Å². The molecule has 0 spiro atoms. The number of carbonyl (C=O) groups is 2. The van der Waals surface area contributed by atoms with Crippen molar-refractivity contribution >= 4 is 21.8 Å². The van der Waals surface area contributed by atoms with E-state index in [1.807, 2.05) is 0 Å². The van der Waals surface area contributed by atoms with E-state index in [1.54, 1.807) is 21.9 Å². The Hall–Kier alpha value is -2.01. The fraction of sp³-hybridized carbons (Fsp3) is 0.579. The summed E-state index contributed by atoms with van der Waals surface area (Å²) in [7, 11) is -2.26. The highest BCUT2D eigenvalue weighted by atomic mass is 32.2. The van der Waals surface area contributed by atoms with Gasteiger partial charge in [-0.05, 0) is 31.0 Å². The molecule has 0 saturated carbocycles. The summed E-state index contributed by atoms with van der Waals surface area (Å²) in [6, 6.07) is 6.02. The van der Waals surface area contributed by atoms with Gasteiger partial charge >= 0.3 is 0 Å². The van der Waals surface area contributed by atoms with Crippen LogP contribution in [0.25, 0.3) is 0 Å². The van der Waals surface area contributed by atoms with Crippen molar-refractivity contribution in [2.45, 2.75) is 23.8 Å². The summed E-state index contributed by atoms with van der Waals surface area (Å²) in [4.78, 5) is 28.0. The van der Waals surface area contributed by atoms with E-state index in [0.717, 1.165) is 12.8 Å². The van der Waals surface area contributed by atoms with Crippen molar-refractivity contribution in [3.8, 4) is 0 Å². The van der Waals surface area contributed by atoms with Crippen LogP contribution in [0.4, 0.5) is 0 Å². The smallest absolute Gasteiger partial charge is 0.254 e. The predicted octanol–water partition coefficient (Wildman–Crippen LogP) is 0.0747. The van der Waals surface area contributed by atoms with Gasteiger partial charge in [-0.2, -0.15) is 0 Å². The lowest BCUT2D eigenvalue weighted by Gasteiger charge is -2.34. The normalized spacial score (nSPS) is 20.1. The van der Waals surface area contributed by atoms with Crippen LogP contribution < -0.4 is 4.72 Å². The van der Waals surface area contributed by atoms with Gasteiger partial charge in [0.15, 0.2) is 0 Å². The number of rotatable bonds is 7. The molecule has 2 saturated heterocycles. The summed E-state index contributed by atoms with van der Waals surface area (Å²) >= 11 is 0. The second-order valence-electron chi connectivity index (χ2n) is 7.12. The Morgan fingerprint density at radius 1 is 1.21 bits per heavy atom. The SMILES string of the molecule is COCC(=O)N1CCN(C(=O)c2cccc(S(=O)(=O)NC[C@H]3CCCO3)c2)CC1. The lowest BCUT2D eigenvalue weighted by molar-refractivity contribution is -0.136. The van der Waals surface area contributed by atoms with E-state index in [0.29, 0.717) is 38.3 Å². The minimum absolute atomic E-state index is 0.0206. The number of methoxy groups -OCH3 is 1. The van der Waals surface area contributed by atoms with Gasteiger partial charge in [0, 0.05) is 52.0 Å². The van der Waals surface area contributed by atoms with Crippen molar-refractivity contribution < 1.29 is 27.5 Å². The van der Waals surface area contributed by atoms with Gasteiger partial charge in [0.25, 0.3) is 5.91 Å². The van der Waals surface area contributed by atoms with Crippen LogP contribution in [0.5, 0.6) is 0 Å². The van der Waals surface area contributed by atoms with Gasteiger partial charge in [-0.3, -0.25) is 9.59 Å². The standard InChI is InChI=1S/C19H27N3O6S/c1-27-14-18(23)21-7-9-22(10-8-21)19(24)15-4-2-6-17(12-15)29(25,26)20-13-16-5-3-11-28-16/h2,4,6,12,16,20H,3,5,7-11,13-14H2,1H3/t16-/m1/s1. The molecule has 29 heavy (non-hydrogen) atoms. The molecule has 1 N–H and O–H groups in total. The monoisotopic (exact) mass is 425 g/mol. The van der Waals surface area contributed by atoms with Crippen molar-refractivity contribution in [1.29, 1.82) is 0 Å². The van der Waals surface area contributed by atoms with E-state index in [9.17, 15) is 18.0 Å². The van der Waals surface area contributed by atoms with Crippen molar-refractivity contribution in [3.05, 3.63) is 29.8 Å². The van der Waals surface area contributed by atoms with E-state index in [1.165, 1.54) is 19.2 Å². The minimum Gasteiger partial charge on any atom is -0.377 e. The maximum Gasteiger partial charge on any atom is 0.254 e. The summed E-state index contributed by atoms with van der Waals surface area (Å²) in [5.74, 6) is -0.356. The number of hydrogen-bond donors (Lipinski definition) is 1. The Kier molecular flexibility index (Phi) is 7.23. The van der Waals surface area contributed by atoms with Crippen LogP contribution in [0.1, 0.15) is 23.2 Å². The molecule has 1 atom stereocenters. The van der Waals surface area contributed by atoms with Crippen LogP contribution in [0.2, 0.25) is 0 Å². The first kappa shape index (κ1) is 21.7. The Labute approximate surface area is 171 Å². The second kappa shape index (κ2) is 9.66. The Morgan fingerprint density at radius 2 is 1.93 bits per heavy atom. The topological polar surface area (TPSA) is 105 Å². The van der Waals surface area contributed by atoms with Gasteiger partial charge in [-0.15, -0.1) is 0 Å². The molecule has 0 radical (unpaired) electrons. The first-order valence-corrected chi connectivity index (χ1v) is 11.2. The van der Waals surface area contributed by atoms with Crippen LogP contribution in [-0.2, 0) is 24.3 Å². The molecular weight excluding hydrogens is 398 g/mol. The summed E-state index contributed by atoms with van der Waals surface area (Å²) in [5, 5.41) is 0. The molecule has 0 aromatic heterocycles. The predicted molar refractivity (Wildman–Crippen MR) is 105 cm³/mol. The molecule has 2 amide bonds. The molecule has 1 aromatic carbocycles. The van der Waals surface area contributed by atoms with Crippen LogP contribution in [0.3, 0.4) is 0 Å². The lowest BCUT2D eigenvalue weighted by atomic mass is 10.2. The van der Waals surface area contributed by atoms with Crippen LogP contribution in [-0.4, -0.2) is 89.2 Å². The van der Waals surface area contributed by atoms with E-state index in [2.05, 4.69) is 4.72 Å². The molecule has 3 rings (SSSR count). The Morgan fingerprint density at radius 3 is 2.59 bits per heavy atom. The van der Waals surface area contributed by atoms with Gasteiger partial charge in [0.2, 0.25) is 15.9 Å². The second-order valence-corrected chi connectivity index (χ2v) is 8.89. The number of nitrogens with one attached hydrogen (secondary N) is 1. The third kappa shape index (κ3) is 5.53. The van der Waals surface area contributed by atoms with Crippen LogP contribution in [0, 0.1) is 0 Å². The van der Waals surface area contributed by atoms with Gasteiger partial charge in [-0.25, -0.2) is 13.1 Å². The molecule has 2 heterocycles. The number of sulfonamides is 1. The molecule has 0 bridgehead atoms. The summed E-state index contributed by atoms with van der Waals surface area (Å²) < 4.78 is 38.0. The highest BCUT2D eigenvalue weighted by Crippen LogP contribution is 2.16. The molecule has 0 aliphatic carbocycles. The number of piperazine rings is 1. The molecule has 160 valence electrons. The average molecular weight is 426 g/mol. The fourth-order valence-corrected chi connectivity index (χ4v) is 4.56. The molecule has 10 heteroatoms.